The quantitative estimate of drug-likeness (QED) is 0.869. The lowest BCUT2D eigenvalue weighted by Crippen LogP contribution is -1.99. The van der Waals surface area contributed by atoms with Crippen LogP contribution in [0.15, 0.2) is 18.2 Å². The van der Waals surface area contributed by atoms with Gasteiger partial charge >= 0.3 is 0 Å². The second kappa shape index (κ2) is 5.68. The minimum Gasteiger partial charge on any atom is -0.508 e. The van der Waals surface area contributed by atoms with Crippen LogP contribution in [0.25, 0.3) is 0 Å². The average Bonchev–Trinajstić information content (AvgIpc) is 2.86. The number of hydrogen-bond donors (Lipinski definition) is 2. The number of nitrogens with zero attached hydrogens (tertiary/aromatic N) is 2. The first-order chi connectivity index (χ1) is 8.72. The summed E-state index contributed by atoms with van der Waals surface area (Å²) in [5.74, 6) is 0.958. The number of methoxy groups -OCH3 is 1. The van der Waals surface area contributed by atoms with Crippen LogP contribution in [0, 0.1) is 0 Å². The van der Waals surface area contributed by atoms with Crippen LogP contribution in [-0.4, -0.2) is 22.4 Å². The first-order valence-corrected chi connectivity index (χ1v) is 6.46. The minimum absolute atomic E-state index is 0.239. The van der Waals surface area contributed by atoms with Crippen LogP contribution in [0.2, 0.25) is 0 Å². The Kier molecular flexibility index (Phi) is 3.99. The van der Waals surface area contributed by atoms with Gasteiger partial charge in [0.05, 0.1) is 7.11 Å². The van der Waals surface area contributed by atoms with Gasteiger partial charge in [0, 0.05) is 12.1 Å². The molecule has 0 radical (unpaired) electrons. The summed E-state index contributed by atoms with van der Waals surface area (Å²) >= 11 is 1.52. The van der Waals surface area contributed by atoms with Crippen LogP contribution in [0.3, 0.4) is 0 Å². The summed E-state index contributed by atoms with van der Waals surface area (Å²) in [6.07, 6.45) is 0.879. The van der Waals surface area contributed by atoms with Gasteiger partial charge in [0.15, 0.2) is 0 Å². The zero-order chi connectivity index (χ0) is 13.0. The Morgan fingerprint density at radius 2 is 2.22 bits per heavy atom. The Morgan fingerprint density at radius 1 is 1.39 bits per heavy atom. The Balaban J connectivity index is 2.05. The van der Waals surface area contributed by atoms with E-state index in [4.69, 9.17) is 4.74 Å². The topological polar surface area (TPSA) is 67.3 Å². The number of benzene rings is 1. The molecule has 0 unspecified atom stereocenters. The molecule has 0 atom stereocenters. The molecular weight excluding hydrogens is 250 g/mol. The van der Waals surface area contributed by atoms with Crippen molar-refractivity contribution in [3.8, 4) is 11.5 Å². The van der Waals surface area contributed by atoms with Crippen molar-refractivity contribution in [3.63, 3.8) is 0 Å². The van der Waals surface area contributed by atoms with Crippen LogP contribution in [-0.2, 0) is 13.0 Å². The highest BCUT2D eigenvalue weighted by molar-refractivity contribution is 7.15. The number of aromatic hydroxyl groups is 1. The van der Waals surface area contributed by atoms with Crippen molar-refractivity contribution in [2.24, 2.45) is 0 Å². The maximum Gasteiger partial charge on any atom is 0.205 e. The molecular formula is C12H15N3O2S. The van der Waals surface area contributed by atoms with Crippen molar-refractivity contribution >= 4 is 16.5 Å². The largest absolute Gasteiger partial charge is 0.508 e. The number of nitrogens with one attached hydrogen (secondary N) is 1. The molecule has 0 aliphatic carbocycles. The molecule has 0 fully saturated rings. The Labute approximate surface area is 109 Å². The van der Waals surface area contributed by atoms with Gasteiger partial charge in [-0.2, -0.15) is 0 Å². The zero-order valence-corrected chi connectivity index (χ0v) is 11.1. The molecule has 1 aromatic heterocycles. The normalized spacial score (nSPS) is 10.3. The van der Waals surface area contributed by atoms with Gasteiger partial charge < -0.3 is 15.2 Å². The van der Waals surface area contributed by atoms with E-state index in [9.17, 15) is 5.11 Å². The van der Waals surface area contributed by atoms with E-state index in [2.05, 4.69) is 15.5 Å². The molecule has 5 nitrogen and oxygen atoms in total. The van der Waals surface area contributed by atoms with Gasteiger partial charge in [-0.05, 0) is 24.6 Å². The zero-order valence-electron chi connectivity index (χ0n) is 10.3. The molecule has 2 rings (SSSR count). The number of phenols is 1. The van der Waals surface area contributed by atoms with Crippen LogP contribution in [0.5, 0.6) is 11.5 Å². The van der Waals surface area contributed by atoms with Gasteiger partial charge in [0.25, 0.3) is 0 Å². The fourth-order valence-corrected chi connectivity index (χ4v) is 2.14. The maximum absolute atomic E-state index is 9.73. The average molecular weight is 265 g/mol. The van der Waals surface area contributed by atoms with E-state index in [1.807, 2.05) is 6.92 Å². The molecule has 0 amide bonds. The lowest BCUT2D eigenvalue weighted by Gasteiger charge is -2.07. The summed E-state index contributed by atoms with van der Waals surface area (Å²) in [6.45, 7) is 2.53. The van der Waals surface area contributed by atoms with Crippen molar-refractivity contribution in [1.82, 2.24) is 10.2 Å². The summed E-state index contributed by atoms with van der Waals surface area (Å²) in [5, 5.41) is 22.7. The Bertz CT molecular complexity index is 528. The molecule has 1 aromatic carbocycles. The van der Waals surface area contributed by atoms with Gasteiger partial charge in [-0.3, -0.25) is 0 Å². The highest BCUT2D eigenvalue weighted by Gasteiger charge is 2.06. The smallest absolute Gasteiger partial charge is 0.205 e. The van der Waals surface area contributed by atoms with E-state index in [1.165, 1.54) is 11.3 Å². The molecule has 6 heteroatoms. The number of aryl methyl sites for hydroxylation is 1. The number of ether oxygens (including phenoxy) is 1. The molecule has 1 heterocycles. The summed E-state index contributed by atoms with van der Waals surface area (Å²) in [7, 11) is 1.60. The summed E-state index contributed by atoms with van der Waals surface area (Å²) in [4.78, 5) is 0. The van der Waals surface area contributed by atoms with E-state index < -0.39 is 0 Å². The van der Waals surface area contributed by atoms with Gasteiger partial charge in [-0.15, -0.1) is 10.2 Å². The molecule has 2 N–H and O–H groups in total. The van der Waals surface area contributed by atoms with E-state index in [1.54, 1.807) is 25.3 Å². The van der Waals surface area contributed by atoms with Crippen LogP contribution >= 0.6 is 11.3 Å². The third-order valence-corrected chi connectivity index (χ3v) is 3.51. The molecule has 0 saturated carbocycles. The second-order valence-corrected chi connectivity index (χ2v) is 4.76. The third-order valence-electron chi connectivity index (χ3n) is 2.49. The van der Waals surface area contributed by atoms with E-state index >= 15 is 0 Å². The standard InChI is InChI=1S/C12H15N3O2S/c1-3-11-14-15-12(18-11)13-7-8-6-9(17-2)4-5-10(8)16/h4-6,16H,3,7H2,1-2H3,(H,13,15). The van der Waals surface area contributed by atoms with Crippen molar-refractivity contribution in [2.45, 2.75) is 19.9 Å². The molecule has 0 spiro atoms. The number of rotatable bonds is 5. The van der Waals surface area contributed by atoms with E-state index in [-0.39, 0.29) is 5.75 Å². The molecule has 0 saturated heterocycles. The lowest BCUT2D eigenvalue weighted by molar-refractivity contribution is 0.411. The molecule has 2 aromatic rings. The second-order valence-electron chi connectivity index (χ2n) is 3.70. The minimum atomic E-state index is 0.239. The maximum atomic E-state index is 9.73. The van der Waals surface area contributed by atoms with E-state index in [0.717, 1.165) is 27.9 Å². The summed E-state index contributed by atoms with van der Waals surface area (Å²) in [6, 6.07) is 5.14. The van der Waals surface area contributed by atoms with Crippen LogP contribution in [0.4, 0.5) is 5.13 Å². The number of phenolic OH excluding ortho intramolecular Hbond substituents is 1. The Morgan fingerprint density at radius 3 is 2.89 bits per heavy atom. The number of hydrogen-bond acceptors (Lipinski definition) is 6. The molecule has 0 aliphatic heterocycles. The fourth-order valence-electron chi connectivity index (χ4n) is 1.47. The lowest BCUT2D eigenvalue weighted by atomic mass is 10.2. The highest BCUT2D eigenvalue weighted by atomic mass is 32.1. The predicted octanol–water partition coefficient (Wildman–Crippen LogP) is 2.43. The van der Waals surface area contributed by atoms with E-state index in [0.29, 0.717) is 6.54 Å². The first-order valence-electron chi connectivity index (χ1n) is 5.65. The number of aromatic nitrogens is 2. The van der Waals surface area contributed by atoms with Crippen molar-refractivity contribution in [3.05, 3.63) is 28.8 Å². The SMILES string of the molecule is CCc1nnc(NCc2cc(OC)ccc2O)s1. The van der Waals surface area contributed by atoms with Crippen molar-refractivity contribution in [1.29, 1.82) is 0 Å². The third kappa shape index (κ3) is 2.89. The van der Waals surface area contributed by atoms with Crippen molar-refractivity contribution < 1.29 is 9.84 Å². The molecule has 96 valence electrons. The fraction of sp³-hybridized carbons (Fsp3) is 0.333. The molecule has 0 aliphatic rings. The van der Waals surface area contributed by atoms with Crippen LogP contribution in [0.1, 0.15) is 17.5 Å². The van der Waals surface area contributed by atoms with Gasteiger partial charge in [-0.25, -0.2) is 0 Å². The molecule has 18 heavy (non-hydrogen) atoms. The highest BCUT2D eigenvalue weighted by Crippen LogP contribution is 2.24. The monoisotopic (exact) mass is 265 g/mol. The summed E-state index contributed by atoms with van der Waals surface area (Å²) < 4.78 is 5.12. The summed E-state index contributed by atoms with van der Waals surface area (Å²) in [5.41, 5.74) is 0.766. The first kappa shape index (κ1) is 12.6. The predicted molar refractivity (Wildman–Crippen MR) is 71.3 cm³/mol. The van der Waals surface area contributed by atoms with Gasteiger partial charge in [0.1, 0.15) is 16.5 Å². The van der Waals surface area contributed by atoms with Crippen LogP contribution < -0.4 is 10.1 Å². The van der Waals surface area contributed by atoms with Gasteiger partial charge in [-0.1, -0.05) is 18.3 Å². The molecule has 0 bridgehead atoms. The van der Waals surface area contributed by atoms with Gasteiger partial charge in [0.2, 0.25) is 5.13 Å². The van der Waals surface area contributed by atoms with Crippen molar-refractivity contribution in [2.75, 3.05) is 12.4 Å². The Hall–Kier alpha value is -1.82. The number of anilines is 1.